The molecule has 0 bridgehead atoms. The lowest BCUT2D eigenvalue weighted by molar-refractivity contribution is -0.123. The van der Waals surface area contributed by atoms with Gasteiger partial charge in [-0.15, -0.1) is 0 Å². The minimum Gasteiger partial charge on any atom is -0.504 e. The maximum Gasteiger partial charge on any atom is 0.277 e. The zero-order chi connectivity index (χ0) is 20.7. The molecule has 0 aromatic heterocycles. The maximum absolute atomic E-state index is 11.9. The number of nitrogens with zero attached hydrogens (tertiary/aromatic N) is 1. The number of phenolic OH excluding ortho intramolecular Hbond substituents is 1. The summed E-state index contributed by atoms with van der Waals surface area (Å²) in [5, 5.41) is 14.1. The van der Waals surface area contributed by atoms with Crippen molar-refractivity contribution in [2.24, 2.45) is 5.10 Å². The quantitative estimate of drug-likeness (QED) is 0.386. The number of benzene rings is 2. The van der Waals surface area contributed by atoms with Crippen molar-refractivity contribution in [1.29, 1.82) is 0 Å². The van der Waals surface area contributed by atoms with Crippen LogP contribution >= 0.6 is 31.9 Å². The van der Waals surface area contributed by atoms with Crippen LogP contribution in [0.4, 0.5) is 0 Å². The molecule has 0 radical (unpaired) electrons. The molecule has 2 aromatic rings. The zero-order valence-electron chi connectivity index (χ0n) is 15.8. The Morgan fingerprint density at radius 1 is 1.32 bits per heavy atom. The molecule has 1 atom stereocenters. The van der Waals surface area contributed by atoms with E-state index >= 15 is 0 Å². The van der Waals surface area contributed by atoms with Crippen LogP contribution in [-0.4, -0.2) is 30.9 Å². The Kier molecular flexibility index (Phi) is 8.32. The molecule has 0 spiro atoms. The molecule has 0 saturated carbocycles. The molecule has 1 unspecified atom stereocenters. The number of hydrogen-bond acceptors (Lipinski definition) is 5. The number of rotatable bonds is 8. The third-order valence-corrected chi connectivity index (χ3v) is 6.24. The van der Waals surface area contributed by atoms with Gasteiger partial charge in [-0.25, -0.2) is 5.43 Å². The van der Waals surface area contributed by atoms with E-state index in [2.05, 4.69) is 56.2 Å². The summed E-state index contributed by atoms with van der Waals surface area (Å²) < 4.78 is 11.8. The molecular formula is C20H22Br2N2O4. The largest absolute Gasteiger partial charge is 0.504 e. The van der Waals surface area contributed by atoms with E-state index in [1.54, 1.807) is 6.07 Å². The lowest BCUT2D eigenvalue weighted by Crippen LogP contribution is -2.24. The number of carbonyl (C=O) groups excluding carboxylic acids is 1. The van der Waals surface area contributed by atoms with Gasteiger partial charge in [0.25, 0.3) is 5.91 Å². The summed E-state index contributed by atoms with van der Waals surface area (Å²) in [5.74, 6) is 0.877. The molecule has 0 fully saturated rings. The molecule has 2 N–H and O–H groups in total. The van der Waals surface area contributed by atoms with Gasteiger partial charge in [0.1, 0.15) is 5.75 Å². The number of hydrogen-bond donors (Lipinski definition) is 2. The molecule has 0 heterocycles. The highest BCUT2D eigenvalue weighted by atomic mass is 79.9. The highest BCUT2D eigenvalue weighted by molar-refractivity contribution is 9.13. The molecule has 0 aliphatic rings. The van der Waals surface area contributed by atoms with Gasteiger partial charge in [0.05, 0.1) is 18.9 Å². The molecule has 8 heteroatoms. The van der Waals surface area contributed by atoms with E-state index in [1.165, 1.54) is 18.9 Å². The van der Waals surface area contributed by atoms with Crippen LogP contribution in [0.25, 0.3) is 0 Å². The van der Waals surface area contributed by atoms with Crippen LogP contribution in [0, 0.1) is 0 Å². The fourth-order valence-corrected chi connectivity index (χ4v) is 3.19. The van der Waals surface area contributed by atoms with Crippen LogP contribution in [0.15, 0.2) is 44.4 Å². The first-order valence-corrected chi connectivity index (χ1v) is 10.3. The van der Waals surface area contributed by atoms with E-state index < -0.39 is 5.91 Å². The average molecular weight is 514 g/mol. The molecule has 0 aliphatic heterocycles. The minimum absolute atomic E-state index is 0.0896. The van der Waals surface area contributed by atoms with Gasteiger partial charge in [0.2, 0.25) is 0 Å². The van der Waals surface area contributed by atoms with Gasteiger partial charge >= 0.3 is 0 Å². The second-order valence-corrected chi connectivity index (χ2v) is 7.74. The summed E-state index contributed by atoms with van der Waals surface area (Å²) in [6, 6.07) is 9.32. The number of phenols is 1. The van der Waals surface area contributed by atoms with Gasteiger partial charge in [-0.2, -0.15) is 5.10 Å². The average Bonchev–Trinajstić information content (AvgIpc) is 2.71. The molecule has 1 amide bonds. The van der Waals surface area contributed by atoms with Crippen LogP contribution in [0.5, 0.6) is 17.2 Å². The molecule has 2 aromatic carbocycles. The van der Waals surface area contributed by atoms with Gasteiger partial charge in [0.15, 0.2) is 18.1 Å². The highest BCUT2D eigenvalue weighted by Crippen LogP contribution is 2.39. The molecule has 6 nitrogen and oxygen atoms in total. The Bertz CT molecular complexity index is 854. The number of methoxy groups -OCH3 is 1. The monoisotopic (exact) mass is 512 g/mol. The van der Waals surface area contributed by atoms with Crippen LogP contribution in [0.1, 0.15) is 37.3 Å². The highest BCUT2D eigenvalue weighted by Gasteiger charge is 2.14. The number of nitrogens with one attached hydrogen (secondary N) is 1. The van der Waals surface area contributed by atoms with E-state index in [4.69, 9.17) is 9.47 Å². The van der Waals surface area contributed by atoms with E-state index in [0.717, 1.165) is 6.42 Å². The summed E-state index contributed by atoms with van der Waals surface area (Å²) in [7, 11) is 1.45. The fraction of sp³-hybridized carbons (Fsp3) is 0.300. The molecule has 0 saturated heterocycles. The normalized spacial score (nSPS) is 12.0. The Morgan fingerprint density at radius 3 is 2.61 bits per heavy atom. The molecular weight excluding hydrogens is 492 g/mol. The minimum atomic E-state index is -0.417. The number of halogens is 2. The van der Waals surface area contributed by atoms with E-state index in [1.807, 2.05) is 24.3 Å². The van der Waals surface area contributed by atoms with Crippen molar-refractivity contribution in [2.75, 3.05) is 13.7 Å². The van der Waals surface area contributed by atoms with Crippen molar-refractivity contribution >= 4 is 44.0 Å². The lowest BCUT2D eigenvalue weighted by Gasteiger charge is -2.10. The van der Waals surface area contributed by atoms with E-state index in [0.29, 0.717) is 26.2 Å². The standard InChI is InChI=1S/C20H22Br2N2O4/c1-4-12(2)13-5-7-14(8-6-13)28-11-18(25)24-23-10-15-19(22)16(21)9-17(27-3)20(15)26/h5-10,12,26H,4,11H2,1-3H3,(H,24,25)/b23-10-. The number of hydrazone groups is 1. The van der Waals surface area contributed by atoms with Crippen molar-refractivity contribution in [3.63, 3.8) is 0 Å². The summed E-state index contributed by atoms with van der Waals surface area (Å²) in [6.45, 7) is 4.13. The molecule has 2 rings (SSSR count). The molecule has 0 aliphatic carbocycles. The van der Waals surface area contributed by atoms with Crippen molar-refractivity contribution in [3.8, 4) is 17.2 Å². The van der Waals surface area contributed by atoms with Gasteiger partial charge < -0.3 is 14.6 Å². The number of carbonyl (C=O) groups is 1. The van der Waals surface area contributed by atoms with E-state index in [9.17, 15) is 9.90 Å². The topological polar surface area (TPSA) is 80.2 Å². The van der Waals surface area contributed by atoms with Crippen molar-refractivity contribution in [1.82, 2.24) is 5.43 Å². The van der Waals surface area contributed by atoms with Gasteiger partial charge in [-0.1, -0.05) is 26.0 Å². The first kappa shape index (κ1) is 22.2. The zero-order valence-corrected chi connectivity index (χ0v) is 19.0. The van der Waals surface area contributed by atoms with Crippen molar-refractivity contribution in [3.05, 3.63) is 50.4 Å². The van der Waals surface area contributed by atoms with Crippen LogP contribution in [-0.2, 0) is 4.79 Å². The SMILES string of the molecule is CCC(C)c1ccc(OCC(=O)N/N=C\c2c(O)c(OC)cc(Br)c2Br)cc1. The van der Waals surface area contributed by atoms with Gasteiger partial charge in [-0.05, 0) is 68.0 Å². The van der Waals surface area contributed by atoms with Crippen LogP contribution in [0.3, 0.4) is 0 Å². The maximum atomic E-state index is 11.9. The van der Waals surface area contributed by atoms with Crippen LogP contribution in [0.2, 0.25) is 0 Å². The summed E-state index contributed by atoms with van der Waals surface area (Å²) in [6.07, 6.45) is 2.39. The number of ether oxygens (including phenoxy) is 2. The van der Waals surface area contributed by atoms with Crippen molar-refractivity contribution < 1.29 is 19.4 Å². The Labute approximate surface area is 181 Å². The Hall–Kier alpha value is -2.06. The first-order chi connectivity index (χ1) is 13.4. The second kappa shape index (κ2) is 10.5. The van der Waals surface area contributed by atoms with Crippen molar-refractivity contribution in [2.45, 2.75) is 26.2 Å². The smallest absolute Gasteiger partial charge is 0.277 e. The third kappa shape index (κ3) is 5.72. The number of aromatic hydroxyl groups is 1. The van der Waals surface area contributed by atoms with Crippen LogP contribution < -0.4 is 14.9 Å². The van der Waals surface area contributed by atoms with Gasteiger partial charge in [0, 0.05) is 8.95 Å². The first-order valence-electron chi connectivity index (χ1n) is 8.66. The predicted octanol–water partition coefficient (Wildman–Crippen LogP) is 4.97. The summed E-state index contributed by atoms with van der Waals surface area (Å²) in [5.41, 5.74) is 3.97. The predicted molar refractivity (Wildman–Crippen MR) is 116 cm³/mol. The second-order valence-electron chi connectivity index (χ2n) is 6.10. The summed E-state index contributed by atoms with van der Waals surface area (Å²) in [4.78, 5) is 11.9. The third-order valence-electron chi connectivity index (χ3n) is 4.23. The fourth-order valence-electron chi connectivity index (χ4n) is 2.36. The van der Waals surface area contributed by atoms with Gasteiger partial charge in [-0.3, -0.25) is 4.79 Å². The summed E-state index contributed by atoms with van der Waals surface area (Å²) >= 11 is 6.71. The Balaban J connectivity index is 1.93. The van der Waals surface area contributed by atoms with E-state index in [-0.39, 0.29) is 18.1 Å². The molecule has 150 valence electrons. The Morgan fingerprint density at radius 2 is 2.00 bits per heavy atom. The lowest BCUT2D eigenvalue weighted by atomic mass is 9.99. The molecule has 28 heavy (non-hydrogen) atoms. The number of amides is 1.